The van der Waals surface area contributed by atoms with E-state index in [2.05, 4.69) is 31.2 Å². The van der Waals surface area contributed by atoms with Gasteiger partial charge in [-0.15, -0.1) is 11.6 Å². The molecule has 0 aliphatic carbocycles. The van der Waals surface area contributed by atoms with E-state index in [9.17, 15) is 0 Å². The standard InChI is InChI=1S/C11H15Cl/c1-9-5-4-6-10(7-9)8-11(2,3)12/h4-7H,8H2,1-3H3. The molecule has 0 nitrogen and oxygen atoms in total. The number of hydrogen-bond acceptors (Lipinski definition) is 0. The number of rotatable bonds is 2. The molecule has 1 heteroatoms. The molecule has 0 aromatic heterocycles. The van der Waals surface area contributed by atoms with Gasteiger partial charge in [0.15, 0.2) is 0 Å². The molecule has 0 amide bonds. The number of halogens is 1. The fraction of sp³-hybridized carbons (Fsp3) is 0.455. The predicted octanol–water partition coefficient (Wildman–Crippen LogP) is 3.55. The molecule has 1 rings (SSSR count). The molecule has 0 saturated carbocycles. The van der Waals surface area contributed by atoms with Gasteiger partial charge >= 0.3 is 0 Å². The van der Waals surface area contributed by atoms with Crippen molar-refractivity contribution in [2.75, 3.05) is 0 Å². The van der Waals surface area contributed by atoms with Gasteiger partial charge in [0.25, 0.3) is 0 Å². The lowest BCUT2D eigenvalue weighted by Crippen LogP contribution is -2.13. The minimum atomic E-state index is -0.131. The highest BCUT2D eigenvalue weighted by atomic mass is 35.5. The first kappa shape index (κ1) is 9.60. The van der Waals surface area contributed by atoms with Gasteiger partial charge in [-0.2, -0.15) is 0 Å². The van der Waals surface area contributed by atoms with Crippen molar-refractivity contribution in [3.63, 3.8) is 0 Å². The molecule has 1 aromatic carbocycles. The maximum absolute atomic E-state index is 6.12. The fourth-order valence-corrected chi connectivity index (χ4v) is 1.46. The van der Waals surface area contributed by atoms with Crippen molar-refractivity contribution in [3.05, 3.63) is 35.4 Å². The zero-order valence-corrected chi connectivity index (χ0v) is 8.65. The van der Waals surface area contributed by atoms with Crippen LogP contribution < -0.4 is 0 Å². The van der Waals surface area contributed by atoms with Gasteiger partial charge in [0.05, 0.1) is 0 Å². The summed E-state index contributed by atoms with van der Waals surface area (Å²) in [6, 6.07) is 8.49. The largest absolute Gasteiger partial charge is 0.120 e. The monoisotopic (exact) mass is 182 g/mol. The SMILES string of the molecule is Cc1cccc(CC(C)(C)Cl)c1. The van der Waals surface area contributed by atoms with Gasteiger partial charge in [0.2, 0.25) is 0 Å². The molecule has 0 aliphatic heterocycles. The Morgan fingerprint density at radius 1 is 1.33 bits per heavy atom. The van der Waals surface area contributed by atoms with Crippen LogP contribution in [0.2, 0.25) is 0 Å². The lowest BCUT2D eigenvalue weighted by atomic mass is 10.0. The molecule has 1 aromatic rings. The van der Waals surface area contributed by atoms with Crippen LogP contribution in [-0.2, 0) is 6.42 Å². The molecular weight excluding hydrogens is 168 g/mol. The first-order valence-corrected chi connectivity index (χ1v) is 4.60. The van der Waals surface area contributed by atoms with Crippen molar-refractivity contribution >= 4 is 11.6 Å². The first-order valence-electron chi connectivity index (χ1n) is 4.22. The summed E-state index contributed by atoms with van der Waals surface area (Å²) < 4.78 is 0. The Kier molecular flexibility index (Phi) is 2.79. The van der Waals surface area contributed by atoms with Gasteiger partial charge in [0, 0.05) is 4.87 Å². The molecule has 66 valence electrons. The average Bonchev–Trinajstić information content (AvgIpc) is 1.82. The summed E-state index contributed by atoms with van der Waals surface area (Å²) in [6.45, 7) is 6.18. The van der Waals surface area contributed by atoms with Gasteiger partial charge in [-0.05, 0) is 32.8 Å². The van der Waals surface area contributed by atoms with Crippen LogP contribution in [0.15, 0.2) is 24.3 Å². The van der Waals surface area contributed by atoms with E-state index in [1.807, 2.05) is 13.8 Å². The molecule has 12 heavy (non-hydrogen) atoms. The van der Waals surface area contributed by atoms with E-state index in [4.69, 9.17) is 11.6 Å². The Bertz CT molecular complexity index is 258. The highest BCUT2D eigenvalue weighted by Gasteiger charge is 2.13. The van der Waals surface area contributed by atoms with E-state index in [-0.39, 0.29) is 4.87 Å². The molecule has 0 heterocycles. The molecule has 0 spiro atoms. The van der Waals surface area contributed by atoms with Crippen LogP contribution in [0.25, 0.3) is 0 Å². The number of alkyl halides is 1. The summed E-state index contributed by atoms with van der Waals surface area (Å²) in [5, 5.41) is 0. The van der Waals surface area contributed by atoms with E-state index in [1.54, 1.807) is 0 Å². The Morgan fingerprint density at radius 3 is 2.50 bits per heavy atom. The van der Waals surface area contributed by atoms with E-state index < -0.39 is 0 Å². The Hall–Kier alpha value is -0.490. The quantitative estimate of drug-likeness (QED) is 0.614. The third-order valence-corrected chi connectivity index (χ3v) is 1.84. The summed E-state index contributed by atoms with van der Waals surface area (Å²) in [4.78, 5) is -0.131. The molecule has 0 aliphatic rings. The molecule has 0 N–H and O–H groups in total. The number of benzene rings is 1. The molecule has 0 saturated heterocycles. The van der Waals surface area contributed by atoms with Crippen molar-refractivity contribution in [2.45, 2.75) is 32.1 Å². The zero-order chi connectivity index (χ0) is 9.19. The maximum atomic E-state index is 6.12. The zero-order valence-electron chi connectivity index (χ0n) is 7.89. The lowest BCUT2D eigenvalue weighted by molar-refractivity contribution is 0.693. The highest BCUT2D eigenvalue weighted by molar-refractivity contribution is 6.23. The van der Waals surface area contributed by atoms with Crippen LogP contribution in [0, 0.1) is 6.92 Å². The molecule has 0 radical (unpaired) electrons. The van der Waals surface area contributed by atoms with Gasteiger partial charge in [-0.1, -0.05) is 29.8 Å². The predicted molar refractivity (Wildman–Crippen MR) is 54.8 cm³/mol. The number of aryl methyl sites for hydroxylation is 1. The van der Waals surface area contributed by atoms with E-state index in [0.29, 0.717) is 0 Å². The van der Waals surface area contributed by atoms with Gasteiger partial charge in [0.1, 0.15) is 0 Å². The van der Waals surface area contributed by atoms with Crippen LogP contribution >= 0.6 is 11.6 Å². The highest BCUT2D eigenvalue weighted by Crippen LogP contribution is 2.19. The van der Waals surface area contributed by atoms with Crippen LogP contribution in [0.5, 0.6) is 0 Å². The van der Waals surface area contributed by atoms with Crippen molar-refractivity contribution in [2.24, 2.45) is 0 Å². The topological polar surface area (TPSA) is 0 Å². The van der Waals surface area contributed by atoms with Gasteiger partial charge in [-0.3, -0.25) is 0 Å². The molecule has 0 atom stereocenters. The Balaban J connectivity index is 2.77. The van der Waals surface area contributed by atoms with E-state index >= 15 is 0 Å². The molecule has 0 bridgehead atoms. The smallest absolute Gasteiger partial charge is 0.0430 e. The average molecular weight is 183 g/mol. The second kappa shape index (κ2) is 3.49. The molecule has 0 unspecified atom stereocenters. The second-order valence-electron chi connectivity index (χ2n) is 3.88. The first-order chi connectivity index (χ1) is 5.47. The Morgan fingerprint density at radius 2 is 2.00 bits per heavy atom. The van der Waals surface area contributed by atoms with E-state index in [1.165, 1.54) is 11.1 Å². The minimum Gasteiger partial charge on any atom is -0.120 e. The fourth-order valence-electron chi connectivity index (χ4n) is 1.31. The van der Waals surface area contributed by atoms with Gasteiger partial charge < -0.3 is 0 Å². The van der Waals surface area contributed by atoms with Crippen LogP contribution in [0.1, 0.15) is 25.0 Å². The van der Waals surface area contributed by atoms with Crippen LogP contribution in [-0.4, -0.2) is 4.87 Å². The molecule has 0 fully saturated rings. The van der Waals surface area contributed by atoms with Crippen molar-refractivity contribution in [3.8, 4) is 0 Å². The Labute approximate surface area is 79.6 Å². The van der Waals surface area contributed by atoms with Crippen molar-refractivity contribution in [1.82, 2.24) is 0 Å². The van der Waals surface area contributed by atoms with Gasteiger partial charge in [-0.25, -0.2) is 0 Å². The van der Waals surface area contributed by atoms with Crippen LogP contribution in [0.3, 0.4) is 0 Å². The third kappa shape index (κ3) is 3.27. The summed E-state index contributed by atoms with van der Waals surface area (Å²) in [5.74, 6) is 0. The normalized spacial score (nSPS) is 11.7. The second-order valence-corrected chi connectivity index (χ2v) is 4.91. The molecular formula is C11H15Cl. The minimum absolute atomic E-state index is 0.131. The summed E-state index contributed by atoms with van der Waals surface area (Å²) in [7, 11) is 0. The van der Waals surface area contributed by atoms with Crippen molar-refractivity contribution < 1.29 is 0 Å². The van der Waals surface area contributed by atoms with E-state index in [0.717, 1.165) is 6.42 Å². The summed E-state index contributed by atoms with van der Waals surface area (Å²) in [6.07, 6.45) is 0.927. The summed E-state index contributed by atoms with van der Waals surface area (Å²) in [5.41, 5.74) is 2.61. The van der Waals surface area contributed by atoms with Crippen molar-refractivity contribution in [1.29, 1.82) is 0 Å². The summed E-state index contributed by atoms with van der Waals surface area (Å²) >= 11 is 6.12. The third-order valence-electron chi connectivity index (χ3n) is 1.71. The lowest BCUT2D eigenvalue weighted by Gasteiger charge is -2.15. The number of hydrogen-bond donors (Lipinski definition) is 0. The maximum Gasteiger partial charge on any atom is 0.0430 e. The van der Waals surface area contributed by atoms with Crippen LogP contribution in [0.4, 0.5) is 0 Å².